The molecule has 0 spiro atoms. The van der Waals surface area contributed by atoms with Gasteiger partial charge in [0.1, 0.15) is 17.3 Å². The van der Waals surface area contributed by atoms with Crippen molar-refractivity contribution in [1.29, 1.82) is 0 Å². The van der Waals surface area contributed by atoms with E-state index >= 15 is 0 Å². The quantitative estimate of drug-likeness (QED) is 0.128. The zero-order valence-corrected chi connectivity index (χ0v) is 42.7. The van der Waals surface area contributed by atoms with Crippen LogP contribution in [0.4, 0.5) is 22.7 Å². The van der Waals surface area contributed by atoms with E-state index in [2.05, 4.69) is 28.8 Å². The number of benzene rings is 9. The maximum atomic E-state index is 9.36. The SMILES string of the molecule is [2H]c1c([2H])c([2H])c(-c2cc(C(C)(C)C)cc(-c3c([2H])c([2H])c([2H])c([2H])c3[2H])c2[N+]2=C=[N+](c3cccc(Oc4cc5c(cc4-c4nc(-c6ccc(C)cc6)nc(-c6ccc(C)cc6)n4)c4ccccc4n5-c4ccccn4)c3)c3ccccc32)c([2H])c1[2H]. The normalized spacial score (nSPS) is 14.0. The third-order valence-electron chi connectivity index (χ3n) is 13.8. The first-order valence-electron chi connectivity index (χ1n) is 30.2. The lowest BCUT2D eigenvalue weighted by atomic mass is 9.82. The van der Waals surface area contributed by atoms with Crippen molar-refractivity contribution in [2.24, 2.45) is 0 Å². The third-order valence-corrected chi connectivity index (χ3v) is 13.8. The minimum absolute atomic E-state index is 0.145. The fourth-order valence-corrected chi connectivity index (χ4v) is 9.84. The van der Waals surface area contributed by atoms with Crippen molar-refractivity contribution in [2.75, 3.05) is 0 Å². The highest BCUT2D eigenvalue weighted by molar-refractivity contribution is 6.11. The minimum atomic E-state index is -0.665. The Bertz CT molecular complexity index is 4730. The van der Waals surface area contributed by atoms with Gasteiger partial charge in [-0.1, -0.05) is 183 Å². The summed E-state index contributed by atoms with van der Waals surface area (Å²) in [6.07, 6.45) is 1.76. The van der Waals surface area contributed by atoms with Gasteiger partial charge in [-0.25, -0.2) is 19.9 Å². The molecule has 0 saturated heterocycles. The van der Waals surface area contributed by atoms with Crippen LogP contribution in [0.15, 0.2) is 230 Å². The second kappa shape index (κ2) is 19.1. The minimum Gasteiger partial charge on any atom is -0.456 e. The van der Waals surface area contributed by atoms with Crippen LogP contribution >= 0.6 is 0 Å². The molecule has 0 unspecified atom stereocenters. The molecule has 0 radical (unpaired) electrons. The van der Waals surface area contributed by atoms with Gasteiger partial charge >= 0.3 is 6.01 Å². The van der Waals surface area contributed by atoms with Crippen molar-refractivity contribution < 1.29 is 18.4 Å². The van der Waals surface area contributed by atoms with Crippen LogP contribution in [0.5, 0.6) is 11.5 Å². The molecule has 0 amide bonds. The zero-order chi connectivity index (χ0) is 60.9. The first kappa shape index (κ1) is 36.9. The van der Waals surface area contributed by atoms with E-state index in [4.69, 9.17) is 32.9 Å². The lowest BCUT2D eigenvalue weighted by Gasteiger charge is -2.22. The largest absolute Gasteiger partial charge is 0.503 e. The Morgan fingerprint density at radius 2 is 1.09 bits per heavy atom. The van der Waals surface area contributed by atoms with E-state index in [1.54, 1.807) is 27.5 Å². The van der Waals surface area contributed by atoms with Crippen LogP contribution < -0.4 is 13.9 Å². The summed E-state index contributed by atoms with van der Waals surface area (Å²) in [5.41, 5.74) is 7.92. The molecule has 0 fully saturated rings. The summed E-state index contributed by atoms with van der Waals surface area (Å²) in [5.74, 6) is 2.84. The van der Waals surface area contributed by atoms with Crippen LogP contribution in [0.25, 0.3) is 84.0 Å². The molecule has 0 atom stereocenters. The first-order chi connectivity index (χ1) is 41.7. The number of ether oxygens (including phenoxy) is 1. The van der Waals surface area contributed by atoms with E-state index in [9.17, 15) is 5.48 Å². The van der Waals surface area contributed by atoms with Gasteiger partial charge in [-0.2, -0.15) is 0 Å². The molecule has 1 aliphatic rings. The molecule has 0 aliphatic carbocycles. The molecular weight excluding hydrogens is 943 g/mol. The number of nitrogens with zero attached hydrogens (tertiary/aromatic N) is 7. The highest BCUT2D eigenvalue weighted by Crippen LogP contribution is 2.47. The predicted molar refractivity (Wildman–Crippen MR) is 315 cm³/mol. The average molecular weight is 1010 g/mol. The van der Waals surface area contributed by atoms with Gasteiger partial charge < -0.3 is 4.74 Å². The van der Waals surface area contributed by atoms with Gasteiger partial charge in [0.25, 0.3) is 11.4 Å². The van der Waals surface area contributed by atoms with E-state index in [1.807, 2.05) is 168 Å². The van der Waals surface area contributed by atoms with Crippen LogP contribution in [-0.2, 0) is 5.41 Å². The van der Waals surface area contributed by atoms with Crippen LogP contribution in [-0.4, -0.2) is 30.5 Å². The van der Waals surface area contributed by atoms with Crippen LogP contribution in [0.3, 0.4) is 0 Å². The molecule has 0 N–H and O–H groups in total. The maximum Gasteiger partial charge on any atom is 0.503 e. The monoisotopic (exact) mass is 1010 g/mol. The number of aryl methyl sites for hydroxylation is 2. The van der Waals surface area contributed by atoms with Gasteiger partial charge in [-0.15, -0.1) is 0 Å². The number of aromatic nitrogens is 5. The number of rotatable bonds is 10. The fraction of sp³-hybridized carbons (Fsp3) is 0.0870. The molecule has 77 heavy (non-hydrogen) atoms. The molecule has 4 heterocycles. The fourth-order valence-electron chi connectivity index (χ4n) is 9.84. The van der Waals surface area contributed by atoms with E-state index in [0.29, 0.717) is 63.0 Å². The van der Waals surface area contributed by atoms with E-state index in [-0.39, 0.29) is 27.9 Å². The van der Waals surface area contributed by atoms with Crippen LogP contribution in [0.1, 0.15) is 51.2 Å². The Hall–Kier alpha value is -9.88. The van der Waals surface area contributed by atoms with Crippen molar-refractivity contribution in [3.63, 3.8) is 0 Å². The highest BCUT2D eigenvalue weighted by Gasteiger charge is 2.40. The topological polar surface area (TPSA) is 71.7 Å². The Labute approximate surface area is 462 Å². The summed E-state index contributed by atoms with van der Waals surface area (Å²) >= 11 is 0. The van der Waals surface area contributed by atoms with Gasteiger partial charge in [0.2, 0.25) is 11.4 Å². The molecular formula is C69H53N7O+2. The first-order valence-corrected chi connectivity index (χ1v) is 25.2. The summed E-state index contributed by atoms with van der Waals surface area (Å²) in [4.78, 5) is 20.3. The second-order valence-corrected chi connectivity index (χ2v) is 20.0. The molecule has 9 aromatic carbocycles. The Morgan fingerprint density at radius 1 is 0.506 bits per heavy atom. The van der Waals surface area contributed by atoms with Crippen LogP contribution in [0.2, 0.25) is 0 Å². The van der Waals surface area contributed by atoms with Crippen molar-refractivity contribution in [2.45, 2.75) is 40.0 Å². The molecule has 8 nitrogen and oxygen atoms in total. The zero-order valence-electron chi connectivity index (χ0n) is 52.7. The second-order valence-electron chi connectivity index (χ2n) is 20.0. The lowest BCUT2D eigenvalue weighted by Crippen LogP contribution is -2.13. The standard InChI is InChI=1S/C69H53N7O/c1-45-30-34-49(35-31-45)66-71-67(50-36-32-46(2)33-37-50)73-68(72-66)58-42-57-54-25-12-13-26-59(54)76(64-29-16-17-38-70-64)62(57)43-63(58)77-53-24-18-23-52(41-53)74-44-75(61-28-15-14-27-60(61)74)65-55(47-19-8-6-9-20-47)39-51(69(3,4)5)40-56(65)48-21-10-7-11-22-48/h6-43H,1-5H3/q+2/i6D,7D,8D,9D,10D,11D,19D,20D,21D,22D. The Morgan fingerprint density at radius 3 is 1.70 bits per heavy atom. The molecule has 8 heteroatoms. The number of fused-ring (bicyclic) bond motifs is 4. The molecule has 3 aromatic heterocycles. The van der Waals surface area contributed by atoms with Gasteiger partial charge in [-0.3, -0.25) is 4.57 Å². The lowest BCUT2D eigenvalue weighted by molar-refractivity contribution is 0.484. The van der Waals surface area contributed by atoms with Gasteiger partial charge in [-0.05, 0) is 87.6 Å². The van der Waals surface area contributed by atoms with Gasteiger partial charge in [0.05, 0.1) is 47.5 Å². The summed E-state index contributed by atoms with van der Waals surface area (Å²) in [6.45, 7) is 9.89. The molecule has 368 valence electrons. The number of pyridine rings is 1. The Balaban J connectivity index is 1.07. The Kier molecular flexibility index (Phi) is 9.17. The summed E-state index contributed by atoms with van der Waals surface area (Å²) in [5, 5.41) is 1.88. The average Bonchev–Trinajstić information content (AvgIpc) is 1.74. The van der Waals surface area contributed by atoms with Crippen LogP contribution in [0, 0.1) is 13.8 Å². The van der Waals surface area contributed by atoms with Gasteiger partial charge in [0.15, 0.2) is 17.5 Å². The van der Waals surface area contributed by atoms with Crippen molar-refractivity contribution in [3.8, 4) is 73.7 Å². The third kappa shape index (κ3) is 8.76. The van der Waals surface area contributed by atoms with Gasteiger partial charge in [0, 0.05) is 52.4 Å². The predicted octanol–water partition coefficient (Wildman–Crippen LogP) is 17.3. The molecule has 1 aliphatic heterocycles. The smallest absolute Gasteiger partial charge is 0.456 e. The maximum absolute atomic E-state index is 9.36. The molecule has 12 aromatic rings. The number of hydrogen-bond acceptors (Lipinski definition) is 5. The summed E-state index contributed by atoms with van der Waals surface area (Å²) < 4.78 is 103. The summed E-state index contributed by atoms with van der Waals surface area (Å²) in [7, 11) is 0. The van der Waals surface area contributed by atoms with E-state index in [0.717, 1.165) is 44.1 Å². The number of para-hydroxylation sites is 3. The van der Waals surface area contributed by atoms with E-state index in [1.165, 1.54) is 0 Å². The molecule has 0 saturated carbocycles. The summed E-state index contributed by atoms with van der Waals surface area (Å²) in [6, 6.07) is 50.6. The molecule has 0 bridgehead atoms. The van der Waals surface area contributed by atoms with Crippen molar-refractivity contribution >= 4 is 50.6 Å². The highest BCUT2D eigenvalue weighted by atomic mass is 16.5. The molecule has 13 rings (SSSR count). The van der Waals surface area contributed by atoms with Crippen molar-refractivity contribution in [1.82, 2.24) is 33.7 Å². The van der Waals surface area contributed by atoms with E-state index < -0.39 is 65.8 Å². The van der Waals surface area contributed by atoms with Crippen molar-refractivity contribution in [3.05, 3.63) is 247 Å². The number of hydrogen-bond donors (Lipinski definition) is 0.